The molecule has 2 amide bonds. The third-order valence-corrected chi connectivity index (χ3v) is 3.68. The van der Waals surface area contributed by atoms with E-state index in [0.29, 0.717) is 18.9 Å². The molecule has 0 saturated carbocycles. The minimum Gasteiger partial charge on any atom is -0.382 e. The molecule has 0 bridgehead atoms. The molecule has 0 radical (unpaired) electrons. The van der Waals surface area contributed by atoms with Crippen LogP contribution in [-0.2, 0) is 13.1 Å². The number of hydrogen-bond acceptors (Lipinski definition) is 3. The Labute approximate surface area is 123 Å². The molecule has 1 aromatic carbocycles. The zero-order valence-corrected chi connectivity index (χ0v) is 12.1. The second kappa shape index (κ2) is 5.47. The average molecular weight is 285 g/mol. The molecule has 21 heavy (non-hydrogen) atoms. The van der Waals surface area contributed by atoms with E-state index in [1.54, 1.807) is 15.6 Å². The van der Waals surface area contributed by atoms with Gasteiger partial charge in [0.05, 0.1) is 5.69 Å². The number of carbonyl (C=O) groups is 1. The molecule has 0 aliphatic carbocycles. The number of nitrogen functional groups attached to an aromatic ring is 1. The highest BCUT2D eigenvalue weighted by atomic mass is 16.2. The lowest BCUT2D eigenvalue weighted by Gasteiger charge is -2.35. The maximum absolute atomic E-state index is 12.3. The third-order valence-electron chi connectivity index (χ3n) is 3.68. The molecule has 110 valence electrons. The summed E-state index contributed by atoms with van der Waals surface area (Å²) in [7, 11) is 1.83. The number of anilines is 2. The molecule has 6 heteroatoms. The maximum Gasteiger partial charge on any atom is 0.324 e. The van der Waals surface area contributed by atoms with E-state index in [2.05, 4.69) is 11.2 Å². The Morgan fingerprint density at radius 3 is 2.81 bits per heavy atom. The van der Waals surface area contributed by atoms with Crippen molar-refractivity contribution in [2.24, 2.45) is 0 Å². The number of urea groups is 1. The Balaban J connectivity index is 1.70. The molecular weight excluding hydrogens is 266 g/mol. The first-order valence-corrected chi connectivity index (χ1v) is 7.04. The Morgan fingerprint density at radius 1 is 1.24 bits per heavy atom. The minimum absolute atomic E-state index is 0.0497. The van der Waals surface area contributed by atoms with Gasteiger partial charge in [0.15, 0.2) is 0 Å². The van der Waals surface area contributed by atoms with Crippen molar-refractivity contribution in [2.45, 2.75) is 19.5 Å². The molecule has 0 saturated heterocycles. The Bertz CT molecular complexity index is 651. The number of para-hydroxylation sites is 1. The maximum atomic E-state index is 12.3. The number of nitrogens with two attached hydrogens (primary N) is 1. The highest BCUT2D eigenvalue weighted by Crippen LogP contribution is 2.27. The van der Waals surface area contributed by atoms with Crippen LogP contribution >= 0.6 is 0 Å². The Morgan fingerprint density at radius 2 is 2.05 bits per heavy atom. The molecule has 1 aromatic heterocycles. The summed E-state index contributed by atoms with van der Waals surface area (Å²) in [6, 6.07) is 9.88. The summed E-state index contributed by atoms with van der Waals surface area (Å²) in [5.41, 5.74) is 7.79. The van der Waals surface area contributed by atoms with E-state index in [0.717, 1.165) is 18.7 Å². The summed E-state index contributed by atoms with van der Waals surface area (Å²) in [6.07, 6.45) is 2.68. The number of hydrogen-bond donors (Lipinski definition) is 1. The largest absolute Gasteiger partial charge is 0.382 e. The summed E-state index contributed by atoms with van der Waals surface area (Å²) in [4.78, 5) is 15.9. The van der Waals surface area contributed by atoms with Crippen LogP contribution in [0.4, 0.5) is 16.3 Å². The predicted molar refractivity (Wildman–Crippen MR) is 81.9 cm³/mol. The lowest BCUT2D eigenvalue weighted by atomic mass is 10.1. The number of aromatic nitrogens is 2. The van der Waals surface area contributed by atoms with Crippen LogP contribution in [0.3, 0.4) is 0 Å². The van der Waals surface area contributed by atoms with Gasteiger partial charge >= 0.3 is 6.03 Å². The van der Waals surface area contributed by atoms with Crippen LogP contribution in [0.1, 0.15) is 12.0 Å². The van der Waals surface area contributed by atoms with Crippen molar-refractivity contribution in [3.63, 3.8) is 0 Å². The predicted octanol–water partition coefficient (Wildman–Crippen LogP) is 1.93. The molecule has 0 spiro atoms. The normalized spacial score (nSPS) is 14.4. The first-order valence-electron chi connectivity index (χ1n) is 7.04. The van der Waals surface area contributed by atoms with Crippen molar-refractivity contribution < 1.29 is 4.79 Å². The van der Waals surface area contributed by atoms with Gasteiger partial charge in [0.25, 0.3) is 0 Å². The van der Waals surface area contributed by atoms with Crippen molar-refractivity contribution in [2.75, 3.05) is 24.2 Å². The van der Waals surface area contributed by atoms with Gasteiger partial charge in [-0.25, -0.2) is 4.79 Å². The minimum atomic E-state index is 0.0497. The molecule has 3 rings (SSSR count). The summed E-state index contributed by atoms with van der Waals surface area (Å²) in [6.45, 7) is 2.08. The summed E-state index contributed by atoms with van der Waals surface area (Å²) in [5, 5.41) is 4.15. The van der Waals surface area contributed by atoms with Gasteiger partial charge in [-0.15, -0.1) is 0 Å². The highest BCUT2D eigenvalue weighted by molar-refractivity contribution is 5.94. The van der Waals surface area contributed by atoms with Crippen LogP contribution in [0.2, 0.25) is 0 Å². The molecule has 1 aliphatic rings. The van der Waals surface area contributed by atoms with E-state index in [-0.39, 0.29) is 6.03 Å². The topological polar surface area (TPSA) is 67.4 Å². The van der Waals surface area contributed by atoms with Crippen molar-refractivity contribution in [3.8, 4) is 0 Å². The van der Waals surface area contributed by atoms with Crippen LogP contribution in [0.25, 0.3) is 0 Å². The number of benzene rings is 1. The number of rotatable bonds is 4. The van der Waals surface area contributed by atoms with E-state index in [4.69, 9.17) is 5.73 Å². The van der Waals surface area contributed by atoms with E-state index < -0.39 is 0 Å². The van der Waals surface area contributed by atoms with Gasteiger partial charge in [0.1, 0.15) is 5.82 Å². The SMILES string of the molecule is CN1Cc2ccccc2N(CCCn2ccc(N)n2)C1=O. The van der Waals surface area contributed by atoms with Crippen molar-refractivity contribution >= 4 is 17.5 Å². The molecule has 2 heterocycles. The molecule has 6 nitrogen and oxygen atoms in total. The molecule has 1 aliphatic heterocycles. The quantitative estimate of drug-likeness (QED) is 0.933. The number of carbonyl (C=O) groups excluding carboxylic acids is 1. The van der Waals surface area contributed by atoms with E-state index in [1.807, 2.05) is 36.3 Å². The Kier molecular flexibility index (Phi) is 3.51. The number of nitrogens with zero attached hydrogens (tertiary/aromatic N) is 4. The zero-order valence-electron chi connectivity index (χ0n) is 12.1. The first kappa shape index (κ1) is 13.5. The van der Waals surface area contributed by atoms with Crippen LogP contribution in [-0.4, -0.2) is 34.3 Å². The van der Waals surface area contributed by atoms with E-state index in [1.165, 1.54) is 5.56 Å². The van der Waals surface area contributed by atoms with Crippen LogP contribution in [0, 0.1) is 0 Å². The van der Waals surface area contributed by atoms with Gasteiger partial charge in [0.2, 0.25) is 0 Å². The van der Waals surface area contributed by atoms with Crippen molar-refractivity contribution in [3.05, 3.63) is 42.1 Å². The van der Waals surface area contributed by atoms with Crippen molar-refractivity contribution in [1.82, 2.24) is 14.7 Å². The van der Waals surface area contributed by atoms with Crippen molar-refractivity contribution in [1.29, 1.82) is 0 Å². The lowest BCUT2D eigenvalue weighted by Crippen LogP contribution is -2.45. The fourth-order valence-corrected chi connectivity index (χ4v) is 2.65. The van der Waals surface area contributed by atoms with Crippen LogP contribution < -0.4 is 10.6 Å². The number of aryl methyl sites for hydroxylation is 1. The summed E-state index contributed by atoms with van der Waals surface area (Å²) >= 11 is 0. The smallest absolute Gasteiger partial charge is 0.324 e. The molecule has 0 fully saturated rings. The van der Waals surface area contributed by atoms with Crippen LogP contribution in [0.5, 0.6) is 0 Å². The van der Waals surface area contributed by atoms with E-state index in [9.17, 15) is 4.79 Å². The van der Waals surface area contributed by atoms with Gasteiger partial charge < -0.3 is 10.6 Å². The van der Waals surface area contributed by atoms with Gasteiger partial charge in [-0.3, -0.25) is 9.58 Å². The van der Waals surface area contributed by atoms with Gasteiger partial charge in [0, 0.05) is 32.9 Å². The monoisotopic (exact) mass is 285 g/mol. The molecular formula is C15H19N5O. The molecule has 0 atom stereocenters. The van der Waals surface area contributed by atoms with Crippen LogP contribution in [0.15, 0.2) is 36.5 Å². The first-order chi connectivity index (χ1) is 10.1. The fraction of sp³-hybridized carbons (Fsp3) is 0.333. The summed E-state index contributed by atoms with van der Waals surface area (Å²) < 4.78 is 1.80. The second-order valence-electron chi connectivity index (χ2n) is 5.28. The average Bonchev–Trinajstić information content (AvgIpc) is 2.88. The number of fused-ring (bicyclic) bond motifs is 1. The summed E-state index contributed by atoms with van der Waals surface area (Å²) in [5.74, 6) is 0.522. The zero-order chi connectivity index (χ0) is 14.8. The van der Waals surface area contributed by atoms with E-state index >= 15 is 0 Å². The molecule has 2 N–H and O–H groups in total. The standard InChI is InChI=1S/C15H19N5O/c1-18-11-12-5-2-3-6-13(12)20(15(18)21)9-4-8-19-10-7-14(16)17-19/h2-3,5-7,10H,4,8-9,11H2,1H3,(H2,16,17). The molecule has 0 unspecified atom stereocenters. The second-order valence-corrected chi connectivity index (χ2v) is 5.28. The lowest BCUT2D eigenvalue weighted by molar-refractivity contribution is 0.210. The van der Waals surface area contributed by atoms with Gasteiger partial charge in [-0.2, -0.15) is 5.10 Å². The fourth-order valence-electron chi connectivity index (χ4n) is 2.65. The molecule has 2 aromatic rings. The van der Waals surface area contributed by atoms with Gasteiger partial charge in [-0.1, -0.05) is 18.2 Å². The van der Waals surface area contributed by atoms with Gasteiger partial charge in [-0.05, 0) is 24.1 Å². The third kappa shape index (κ3) is 2.69. The Hall–Kier alpha value is -2.50. The number of amides is 2. The highest BCUT2D eigenvalue weighted by Gasteiger charge is 2.27.